The fraction of sp³-hybridized carbons (Fsp3) is 0.250. The summed E-state index contributed by atoms with van der Waals surface area (Å²) in [6, 6.07) is 9.61. The van der Waals surface area contributed by atoms with Crippen molar-refractivity contribution in [2.45, 2.75) is 12.1 Å². The maximum absolute atomic E-state index is 9.48. The van der Waals surface area contributed by atoms with E-state index >= 15 is 0 Å². The lowest BCUT2D eigenvalue weighted by Crippen LogP contribution is -2.44. The number of aliphatic hydroxyl groups is 1. The largest absolute Gasteiger partial charge is 0.394 e. The highest BCUT2D eigenvalue weighted by Crippen LogP contribution is 2.19. The van der Waals surface area contributed by atoms with Crippen molar-refractivity contribution in [3.63, 3.8) is 0 Å². The molecule has 0 saturated heterocycles. The first-order chi connectivity index (χ1) is 7.74. The summed E-state index contributed by atoms with van der Waals surface area (Å²) in [5, 5.41) is 9.48. The molecule has 1 aromatic carbocycles. The van der Waals surface area contributed by atoms with E-state index in [1.54, 1.807) is 12.5 Å². The molecule has 2 rings (SSSR count). The number of nitrogens with two attached hydrogens (primary N) is 1. The Labute approximate surface area is 94.4 Å². The third kappa shape index (κ3) is 2.13. The average Bonchev–Trinajstić information content (AvgIpc) is 2.83. The fourth-order valence-electron chi connectivity index (χ4n) is 1.71. The summed E-state index contributed by atoms with van der Waals surface area (Å²) in [4.78, 5) is 3.96. The zero-order chi connectivity index (χ0) is 11.4. The number of aromatic nitrogens is 2. The summed E-state index contributed by atoms with van der Waals surface area (Å²) >= 11 is 0. The highest BCUT2D eigenvalue weighted by Gasteiger charge is 2.26. The van der Waals surface area contributed by atoms with Crippen molar-refractivity contribution in [2.75, 3.05) is 6.61 Å². The van der Waals surface area contributed by atoms with Crippen LogP contribution in [0.1, 0.15) is 5.56 Å². The van der Waals surface area contributed by atoms with Crippen LogP contribution < -0.4 is 5.73 Å². The molecule has 0 fully saturated rings. The highest BCUT2D eigenvalue weighted by molar-refractivity contribution is 5.24. The van der Waals surface area contributed by atoms with Crippen molar-refractivity contribution in [1.29, 1.82) is 0 Å². The van der Waals surface area contributed by atoms with Gasteiger partial charge in [-0.3, -0.25) is 0 Å². The van der Waals surface area contributed by atoms with Gasteiger partial charge in [0.1, 0.15) is 0 Å². The zero-order valence-electron chi connectivity index (χ0n) is 8.95. The van der Waals surface area contributed by atoms with E-state index in [0.717, 1.165) is 5.56 Å². The van der Waals surface area contributed by atoms with Crippen LogP contribution in [0.3, 0.4) is 0 Å². The van der Waals surface area contributed by atoms with Crippen LogP contribution >= 0.6 is 0 Å². The molecule has 84 valence electrons. The van der Waals surface area contributed by atoms with Gasteiger partial charge in [-0.25, -0.2) is 4.98 Å². The normalized spacial score (nSPS) is 14.6. The van der Waals surface area contributed by atoms with Gasteiger partial charge in [-0.1, -0.05) is 30.3 Å². The van der Waals surface area contributed by atoms with E-state index in [0.29, 0.717) is 6.54 Å². The lowest BCUT2D eigenvalue weighted by atomic mass is 9.92. The molecule has 0 aliphatic rings. The second kappa shape index (κ2) is 4.47. The Morgan fingerprint density at radius 2 is 2.06 bits per heavy atom. The SMILES string of the molecule is NC(CO)(Cn1ccnc1)c1ccccc1. The first-order valence-electron chi connectivity index (χ1n) is 5.16. The van der Waals surface area contributed by atoms with Crippen LogP contribution in [0.25, 0.3) is 0 Å². The molecule has 1 unspecified atom stereocenters. The van der Waals surface area contributed by atoms with Gasteiger partial charge in [-0.15, -0.1) is 0 Å². The summed E-state index contributed by atoms with van der Waals surface area (Å²) in [7, 11) is 0. The second-order valence-corrected chi connectivity index (χ2v) is 3.92. The van der Waals surface area contributed by atoms with Gasteiger partial charge >= 0.3 is 0 Å². The summed E-state index contributed by atoms with van der Waals surface area (Å²) in [6.07, 6.45) is 5.23. The Morgan fingerprint density at radius 1 is 1.31 bits per heavy atom. The maximum atomic E-state index is 9.48. The standard InChI is InChI=1S/C12H15N3O/c13-12(9-16,8-15-7-6-14-10-15)11-4-2-1-3-5-11/h1-7,10,16H,8-9,13H2. The third-order valence-electron chi connectivity index (χ3n) is 2.65. The monoisotopic (exact) mass is 217 g/mol. The number of aliphatic hydroxyl groups excluding tert-OH is 1. The average molecular weight is 217 g/mol. The first kappa shape index (κ1) is 10.9. The molecule has 4 heteroatoms. The summed E-state index contributed by atoms with van der Waals surface area (Å²) in [5.74, 6) is 0. The van der Waals surface area contributed by atoms with Crippen molar-refractivity contribution >= 4 is 0 Å². The molecule has 0 saturated carbocycles. The summed E-state index contributed by atoms with van der Waals surface area (Å²) in [5.41, 5.74) is 6.37. The Bertz CT molecular complexity index is 427. The van der Waals surface area contributed by atoms with Gasteiger partial charge in [-0.2, -0.15) is 0 Å². The van der Waals surface area contributed by atoms with Gasteiger partial charge in [0.25, 0.3) is 0 Å². The molecule has 1 aromatic heterocycles. The molecule has 0 aliphatic heterocycles. The molecule has 3 N–H and O–H groups in total. The minimum absolute atomic E-state index is 0.102. The smallest absolute Gasteiger partial charge is 0.0946 e. The van der Waals surface area contributed by atoms with E-state index in [-0.39, 0.29) is 6.61 Å². The number of hydrogen-bond donors (Lipinski definition) is 2. The maximum Gasteiger partial charge on any atom is 0.0946 e. The van der Waals surface area contributed by atoms with Crippen molar-refractivity contribution in [1.82, 2.24) is 9.55 Å². The molecule has 16 heavy (non-hydrogen) atoms. The first-order valence-corrected chi connectivity index (χ1v) is 5.16. The predicted molar refractivity (Wildman–Crippen MR) is 61.6 cm³/mol. The number of rotatable bonds is 4. The molecule has 2 aromatic rings. The van der Waals surface area contributed by atoms with Crippen molar-refractivity contribution in [2.24, 2.45) is 5.73 Å². The molecule has 0 radical (unpaired) electrons. The number of imidazole rings is 1. The molecular weight excluding hydrogens is 202 g/mol. The topological polar surface area (TPSA) is 64.1 Å². The van der Waals surface area contributed by atoms with Crippen LogP contribution in [-0.4, -0.2) is 21.3 Å². The van der Waals surface area contributed by atoms with Crippen LogP contribution in [0.4, 0.5) is 0 Å². The van der Waals surface area contributed by atoms with Gasteiger partial charge in [0.15, 0.2) is 0 Å². The quantitative estimate of drug-likeness (QED) is 0.793. The molecule has 4 nitrogen and oxygen atoms in total. The second-order valence-electron chi connectivity index (χ2n) is 3.92. The van der Waals surface area contributed by atoms with Gasteiger partial charge in [-0.05, 0) is 5.56 Å². The van der Waals surface area contributed by atoms with Crippen molar-refractivity contribution in [3.05, 3.63) is 54.6 Å². The molecular formula is C12H15N3O. The Morgan fingerprint density at radius 3 is 2.62 bits per heavy atom. The Balaban J connectivity index is 2.26. The van der Waals surface area contributed by atoms with Gasteiger partial charge in [0.2, 0.25) is 0 Å². The van der Waals surface area contributed by atoms with E-state index in [1.165, 1.54) is 0 Å². The van der Waals surface area contributed by atoms with Crippen LogP contribution in [0.15, 0.2) is 49.1 Å². The number of benzene rings is 1. The van der Waals surface area contributed by atoms with Gasteiger partial charge in [0, 0.05) is 18.9 Å². The van der Waals surface area contributed by atoms with Gasteiger partial charge in [0.05, 0.1) is 18.5 Å². The van der Waals surface area contributed by atoms with E-state index in [1.807, 2.05) is 41.1 Å². The van der Waals surface area contributed by atoms with E-state index in [2.05, 4.69) is 4.98 Å². The van der Waals surface area contributed by atoms with E-state index < -0.39 is 5.54 Å². The lowest BCUT2D eigenvalue weighted by Gasteiger charge is -2.28. The lowest BCUT2D eigenvalue weighted by molar-refractivity contribution is 0.179. The van der Waals surface area contributed by atoms with E-state index in [4.69, 9.17) is 5.73 Å². The van der Waals surface area contributed by atoms with Crippen LogP contribution in [-0.2, 0) is 12.1 Å². The van der Waals surface area contributed by atoms with Crippen LogP contribution in [0, 0.1) is 0 Å². The van der Waals surface area contributed by atoms with Crippen molar-refractivity contribution in [3.8, 4) is 0 Å². The molecule has 1 atom stereocenters. The molecule has 0 aliphatic carbocycles. The number of nitrogens with zero attached hydrogens (tertiary/aromatic N) is 2. The van der Waals surface area contributed by atoms with Crippen LogP contribution in [0.5, 0.6) is 0 Å². The number of hydrogen-bond acceptors (Lipinski definition) is 3. The Hall–Kier alpha value is -1.65. The highest BCUT2D eigenvalue weighted by atomic mass is 16.3. The zero-order valence-corrected chi connectivity index (χ0v) is 8.95. The van der Waals surface area contributed by atoms with Gasteiger partial charge < -0.3 is 15.4 Å². The van der Waals surface area contributed by atoms with Crippen LogP contribution in [0.2, 0.25) is 0 Å². The third-order valence-corrected chi connectivity index (χ3v) is 2.65. The Kier molecular flexibility index (Phi) is 3.03. The molecule has 1 heterocycles. The minimum Gasteiger partial charge on any atom is -0.394 e. The summed E-state index contributed by atoms with van der Waals surface area (Å²) in [6.45, 7) is 0.405. The fourth-order valence-corrected chi connectivity index (χ4v) is 1.71. The van der Waals surface area contributed by atoms with Crippen molar-refractivity contribution < 1.29 is 5.11 Å². The summed E-state index contributed by atoms with van der Waals surface area (Å²) < 4.78 is 1.86. The van der Waals surface area contributed by atoms with E-state index in [9.17, 15) is 5.11 Å². The molecule has 0 spiro atoms. The molecule has 0 bridgehead atoms. The minimum atomic E-state index is -0.762. The molecule has 0 amide bonds. The predicted octanol–water partition coefficient (Wildman–Crippen LogP) is 0.730.